The second-order valence-corrected chi connectivity index (χ2v) is 9.26. The third kappa shape index (κ3) is 7.06. The van der Waals surface area contributed by atoms with Crippen LogP contribution in [0.2, 0.25) is 0 Å². The molecule has 2 aromatic rings. The third-order valence-electron chi connectivity index (χ3n) is 4.93. The van der Waals surface area contributed by atoms with Gasteiger partial charge >= 0.3 is 0 Å². The van der Waals surface area contributed by atoms with E-state index < -0.39 is 6.04 Å². The normalized spacial score (nSPS) is 12.2. The van der Waals surface area contributed by atoms with Crippen LogP contribution in [0.1, 0.15) is 45.7 Å². The van der Waals surface area contributed by atoms with E-state index in [4.69, 9.17) is 4.74 Å². The predicted molar refractivity (Wildman–Crippen MR) is 123 cm³/mol. The summed E-state index contributed by atoms with van der Waals surface area (Å²) in [6, 6.07) is 10.9. The van der Waals surface area contributed by atoms with Gasteiger partial charge in [0, 0.05) is 13.1 Å². The molecule has 2 rings (SSSR count). The first-order chi connectivity index (χ1) is 14.5. The van der Waals surface area contributed by atoms with E-state index >= 15 is 0 Å². The number of benzene rings is 2. The van der Waals surface area contributed by atoms with Gasteiger partial charge in [-0.3, -0.25) is 9.59 Å². The van der Waals surface area contributed by atoms with Crippen LogP contribution >= 0.6 is 15.9 Å². The van der Waals surface area contributed by atoms with Crippen LogP contribution in [0, 0.1) is 5.82 Å². The molecule has 0 spiro atoms. The van der Waals surface area contributed by atoms with E-state index in [9.17, 15) is 14.0 Å². The zero-order valence-electron chi connectivity index (χ0n) is 18.7. The van der Waals surface area contributed by atoms with Crippen molar-refractivity contribution in [3.63, 3.8) is 0 Å². The van der Waals surface area contributed by atoms with Gasteiger partial charge in [-0.15, -0.1) is 0 Å². The number of nitrogens with one attached hydrogen (secondary N) is 1. The van der Waals surface area contributed by atoms with Crippen molar-refractivity contribution < 1.29 is 18.7 Å². The summed E-state index contributed by atoms with van der Waals surface area (Å²) in [4.78, 5) is 26.8. The predicted octanol–water partition coefficient (Wildman–Crippen LogP) is 4.82. The summed E-state index contributed by atoms with van der Waals surface area (Å²) in [6.07, 6.45) is 0. The number of nitrogens with zero attached hydrogens (tertiary/aromatic N) is 1. The molecular formula is C24H30BrFN2O3. The number of carbonyl (C=O) groups excluding carboxylic acids is 2. The Morgan fingerprint density at radius 1 is 1.16 bits per heavy atom. The summed E-state index contributed by atoms with van der Waals surface area (Å²) in [5.74, 6) is -0.400. The van der Waals surface area contributed by atoms with E-state index in [0.717, 1.165) is 15.6 Å². The van der Waals surface area contributed by atoms with Crippen molar-refractivity contribution in [2.24, 2.45) is 0 Å². The highest BCUT2D eigenvalue weighted by Crippen LogP contribution is 2.31. The molecule has 0 unspecified atom stereocenters. The molecule has 0 aliphatic carbocycles. The van der Waals surface area contributed by atoms with E-state index in [1.54, 1.807) is 19.1 Å². The van der Waals surface area contributed by atoms with Crippen LogP contribution in [0.4, 0.5) is 4.39 Å². The molecule has 168 valence electrons. The first kappa shape index (κ1) is 24.9. The minimum atomic E-state index is -0.701. The number of carbonyl (C=O) groups is 2. The lowest BCUT2D eigenvalue weighted by atomic mass is 9.87. The standard InChI is InChI=1S/C24H30BrFN2O3/c1-6-27-23(30)16(2)28(14-17-7-10-19(26)11-8-17)22(29)15-31-21-12-9-18(13-20(21)25)24(3,4)5/h7-13,16H,6,14-15H2,1-5H3,(H,27,30)/t16-/m1/s1. The maximum Gasteiger partial charge on any atom is 0.261 e. The van der Waals surface area contributed by atoms with Gasteiger partial charge in [0.05, 0.1) is 4.47 Å². The molecule has 0 saturated heterocycles. The second kappa shape index (κ2) is 10.8. The van der Waals surface area contributed by atoms with Gasteiger partial charge in [0.25, 0.3) is 5.91 Å². The zero-order valence-corrected chi connectivity index (χ0v) is 20.3. The molecule has 0 aliphatic heterocycles. The lowest BCUT2D eigenvalue weighted by Crippen LogP contribution is -2.49. The van der Waals surface area contributed by atoms with Gasteiger partial charge < -0.3 is 15.0 Å². The third-order valence-corrected chi connectivity index (χ3v) is 5.55. The van der Waals surface area contributed by atoms with Crippen molar-refractivity contribution in [2.75, 3.05) is 13.2 Å². The molecule has 2 aromatic carbocycles. The minimum absolute atomic E-state index is 0.00903. The first-order valence-electron chi connectivity index (χ1n) is 10.3. The van der Waals surface area contributed by atoms with E-state index in [-0.39, 0.29) is 36.2 Å². The maximum absolute atomic E-state index is 13.2. The number of ether oxygens (including phenoxy) is 1. The molecule has 0 aromatic heterocycles. The Bertz CT molecular complexity index is 910. The average Bonchev–Trinajstić information content (AvgIpc) is 2.71. The van der Waals surface area contributed by atoms with Crippen LogP contribution < -0.4 is 10.1 Å². The molecule has 1 N–H and O–H groups in total. The highest BCUT2D eigenvalue weighted by molar-refractivity contribution is 9.10. The molecule has 0 fully saturated rings. The number of likely N-dealkylation sites (N-methyl/N-ethyl adjacent to an activating group) is 1. The van der Waals surface area contributed by atoms with E-state index in [1.165, 1.54) is 17.0 Å². The van der Waals surface area contributed by atoms with Crippen LogP contribution in [0.3, 0.4) is 0 Å². The highest BCUT2D eigenvalue weighted by Gasteiger charge is 2.26. The van der Waals surface area contributed by atoms with Gasteiger partial charge in [0.1, 0.15) is 17.6 Å². The van der Waals surface area contributed by atoms with Gasteiger partial charge in [0.15, 0.2) is 6.61 Å². The molecule has 0 aliphatic rings. The van der Waals surface area contributed by atoms with Crippen LogP contribution in [0.5, 0.6) is 5.75 Å². The Kier molecular flexibility index (Phi) is 8.62. The molecule has 0 saturated carbocycles. The SMILES string of the molecule is CCNC(=O)[C@@H](C)N(Cc1ccc(F)cc1)C(=O)COc1ccc(C(C)(C)C)cc1Br. The Morgan fingerprint density at radius 2 is 1.81 bits per heavy atom. The fourth-order valence-electron chi connectivity index (χ4n) is 3.00. The molecule has 1 atom stereocenters. The Morgan fingerprint density at radius 3 is 2.35 bits per heavy atom. The number of rotatable bonds is 8. The smallest absolute Gasteiger partial charge is 0.261 e. The number of halogens is 2. The Labute approximate surface area is 192 Å². The molecule has 31 heavy (non-hydrogen) atoms. The average molecular weight is 493 g/mol. The highest BCUT2D eigenvalue weighted by atomic mass is 79.9. The van der Waals surface area contributed by atoms with Gasteiger partial charge in [0.2, 0.25) is 5.91 Å². The molecule has 2 amide bonds. The number of amides is 2. The van der Waals surface area contributed by atoms with Gasteiger partial charge in [-0.1, -0.05) is 39.0 Å². The van der Waals surface area contributed by atoms with Crippen molar-refractivity contribution in [1.29, 1.82) is 0 Å². The summed E-state index contributed by atoms with van der Waals surface area (Å²) >= 11 is 3.51. The summed E-state index contributed by atoms with van der Waals surface area (Å²) < 4.78 is 19.8. The fourth-order valence-corrected chi connectivity index (χ4v) is 3.49. The Hall–Kier alpha value is -2.41. The molecular weight excluding hydrogens is 463 g/mol. The van der Waals surface area contributed by atoms with Crippen molar-refractivity contribution in [2.45, 2.75) is 52.6 Å². The quantitative estimate of drug-likeness (QED) is 0.574. The maximum atomic E-state index is 13.2. The fraction of sp³-hybridized carbons (Fsp3) is 0.417. The van der Waals surface area contributed by atoms with Crippen molar-refractivity contribution in [3.8, 4) is 5.75 Å². The molecule has 5 nitrogen and oxygen atoms in total. The summed E-state index contributed by atoms with van der Waals surface area (Å²) in [7, 11) is 0. The van der Waals surface area contributed by atoms with Gasteiger partial charge in [-0.05, 0) is 70.6 Å². The van der Waals surface area contributed by atoms with E-state index in [2.05, 4.69) is 42.0 Å². The van der Waals surface area contributed by atoms with E-state index in [0.29, 0.717) is 12.3 Å². The number of hydrogen-bond donors (Lipinski definition) is 1. The Balaban J connectivity index is 2.16. The van der Waals surface area contributed by atoms with Crippen molar-refractivity contribution >= 4 is 27.7 Å². The lowest BCUT2D eigenvalue weighted by Gasteiger charge is -2.28. The van der Waals surface area contributed by atoms with Crippen molar-refractivity contribution in [3.05, 3.63) is 63.9 Å². The van der Waals surface area contributed by atoms with Gasteiger partial charge in [-0.2, -0.15) is 0 Å². The minimum Gasteiger partial charge on any atom is -0.483 e. The van der Waals surface area contributed by atoms with Crippen LogP contribution in [0.25, 0.3) is 0 Å². The lowest BCUT2D eigenvalue weighted by molar-refractivity contribution is -0.142. The van der Waals surface area contributed by atoms with E-state index in [1.807, 2.05) is 25.1 Å². The van der Waals surface area contributed by atoms with Gasteiger partial charge in [-0.25, -0.2) is 4.39 Å². The van der Waals surface area contributed by atoms with Crippen LogP contribution in [0.15, 0.2) is 46.9 Å². The molecule has 0 bridgehead atoms. The largest absolute Gasteiger partial charge is 0.483 e. The monoisotopic (exact) mass is 492 g/mol. The summed E-state index contributed by atoms with van der Waals surface area (Å²) in [5.41, 5.74) is 1.85. The summed E-state index contributed by atoms with van der Waals surface area (Å²) in [5, 5.41) is 2.74. The zero-order chi connectivity index (χ0) is 23.2. The molecule has 7 heteroatoms. The summed E-state index contributed by atoms with van der Waals surface area (Å²) in [6.45, 7) is 10.3. The van der Waals surface area contributed by atoms with Crippen LogP contribution in [-0.4, -0.2) is 35.9 Å². The van der Waals surface area contributed by atoms with Crippen molar-refractivity contribution in [1.82, 2.24) is 10.2 Å². The first-order valence-corrected chi connectivity index (χ1v) is 11.1. The molecule has 0 radical (unpaired) electrons. The topological polar surface area (TPSA) is 58.6 Å². The van der Waals surface area contributed by atoms with Crippen LogP contribution in [-0.2, 0) is 21.5 Å². The number of hydrogen-bond acceptors (Lipinski definition) is 3. The molecule has 0 heterocycles. The second-order valence-electron chi connectivity index (χ2n) is 8.40.